The van der Waals surface area contributed by atoms with Crippen molar-refractivity contribution in [3.63, 3.8) is 0 Å². The zero-order chi connectivity index (χ0) is 17.9. The lowest BCUT2D eigenvalue weighted by Crippen LogP contribution is -2.29. The first kappa shape index (κ1) is 18.6. The minimum Gasteiger partial charge on any atom is -0.478 e. The van der Waals surface area contributed by atoms with Crippen molar-refractivity contribution in [2.45, 2.75) is 13.0 Å². The highest BCUT2D eigenvalue weighted by atomic mass is 79.9. The summed E-state index contributed by atoms with van der Waals surface area (Å²) >= 11 is 14.9. The Kier molecular flexibility index (Phi) is 6.10. The molecule has 8 heteroatoms. The van der Waals surface area contributed by atoms with Crippen molar-refractivity contribution in [2.24, 2.45) is 0 Å². The number of carboxylic acid groups (broad SMARTS) is 1. The third kappa shape index (κ3) is 4.63. The summed E-state index contributed by atoms with van der Waals surface area (Å²) in [6.07, 6.45) is -1.01. The molecule has 0 bridgehead atoms. The summed E-state index contributed by atoms with van der Waals surface area (Å²) in [5, 5.41) is 9.85. The minimum atomic E-state index is -1.21. The van der Waals surface area contributed by atoms with Gasteiger partial charge < -0.3 is 14.6 Å². The van der Waals surface area contributed by atoms with Crippen molar-refractivity contribution >= 4 is 51.1 Å². The topological polar surface area (TPSA) is 72.8 Å². The van der Waals surface area contributed by atoms with Crippen LogP contribution in [0.1, 0.15) is 17.3 Å². The summed E-state index contributed by atoms with van der Waals surface area (Å²) in [7, 11) is 0. The summed E-state index contributed by atoms with van der Waals surface area (Å²) in [6.45, 7) is 1.46. The Morgan fingerprint density at radius 3 is 2.42 bits per heavy atom. The Morgan fingerprint density at radius 2 is 1.79 bits per heavy atom. The first-order chi connectivity index (χ1) is 11.3. The monoisotopic (exact) mass is 432 g/mol. The van der Waals surface area contributed by atoms with Gasteiger partial charge in [-0.2, -0.15) is 0 Å². The van der Waals surface area contributed by atoms with Crippen LogP contribution in [0.25, 0.3) is 0 Å². The maximum atomic E-state index is 12.1. The molecule has 1 unspecified atom stereocenters. The van der Waals surface area contributed by atoms with Crippen LogP contribution < -0.4 is 9.47 Å². The third-order valence-electron chi connectivity index (χ3n) is 2.91. The molecule has 5 nitrogen and oxygen atoms in total. The molecule has 2 rings (SSSR count). The van der Waals surface area contributed by atoms with Crippen LogP contribution in [0.3, 0.4) is 0 Å². The number of carboxylic acids is 1. The van der Waals surface area contributed by atoms with E-state index >= 15 is 0 Å². The van der Waals surface area contributed by atoms with E-state index in [0.29, 0.717) is 9.50 Å². The van der Waals surface area contributed by atoms with Gasteiger partial charge >= 0.3 is 11.9 Å². The predicted octanol–water partition coefficient (Wildman–Crippen LogP) is 4.83. The summed E-state index contributed by atoms with van der Waals surface area (Å²) in [6, 6.07) is 8.86. The van der Waals surface area contributed by atoms with E-state index in [4.69, 9.17) is 37.8 Å². The Morgan fingerprint density at radius 1 is 1.12 bits per heavy atom. The zero-order valence-electron chi connectivity index (χ0n) is 12.3. The number of hydrogen-bond donors (Lipinski definition) is 1. The predicted molar refractivity (Wildman–Crippen MR) is 93.3 cm³/mol. The van der Waals surface area contributed by atoms with Gasteiger partial charge in [0.2, 0.25) is 0 Å². The molecule has 0 aliphatic carbocycles. The standard InChI is InChI=1S/C16H11BrCl2O5/c1-8(23-14-5-3-10(18)7-12(14)19)16(22)24-13-4-2-9(17)6-11(13)15(20)21/h2-8H,1H3,(H,20,21). The number of carbonyl (C=O) groups is 2. The summed E-state index contributed by atoms with van der Waals surface area (Å²) in [5.41, 5.74) is -0.144. The molecule has 0 aromatic heterocycles. The van der Waals surface area contributed by atoms with E-state index in [1.165, 1.54) is 31.2 Å². The SMILES string of the molecule is CC(Oc1ccc(Cl)cc1Cl)C(=O)Oc1ccc(Br)cc1C(=O)O. The first-order valence-electron chi connectivity index (χ1n) is 6.64. The van der Waals surface area contributed by atoms with Crippen molar-refractivity contribution in [2.75, 3.05) is 0 Å². The van der Waals surface area contributed by atoms with Gasteiger partial charge in [0.05, 0.1) is 5.02 Å². The van der Waals surface area contributed by atoms with Crippen LogP contribution in [0.2, 0.25) is 10.0 Å². The van der Waals surface area contributed by atoms with Crippen LogP contribution in [0.15, 0.2) is 40.9 Å². The number of ether oxygens (including phenoxy) is 2. The Labute approximate surface area is 156 Å². The average molecular weight is 434 g/mol. The quantitative estimate of drug-likeness (QED) is 0.540. The van der Waals surface area contributed by atoms with Gasteiger partial charge in [0, 0.05) is 9.50 Å². The smallest absolute Gasteiger partial charge is 0.352 e. The highest BCUT2D eigenvalue weighted by Gasteiger charge is 2.21. The number of esters is 1. The van der Waals surface area contributed by atoms with Crippen molar-refractivity contribution in [3.05, 3.63) is 56.5 Å². The van der Waals surface area contributed by atoms with Crippen LogP contribution in [0.4, 0.5) is 0 Å². The molecule has 0 aliphatic heterocycles. The highest BCUT2D eigenvalue weighted by Crippen LogP contribution is 2.29. The second-order valence-electron chi connectivity index (χ2n) is 4.70. The fourth-order valence-electron chi connectivity index (χ4n) is 1.76. The van der Waals surface area contributed by atoms with Crippen LogP contribution in [-0.4, -0.2) is 23.1 Å². The van der Waals surface area contributed by atoms with Gasteiger partial charge in [0.15, 0.2) is 6.10 Å². The number of carbonyl (C=O) groups excluding carboxylic acids is 1. The first-order valence-corrected chi connectivity index (χ1v) is 8.19. The molecular formula is C16H11BrCl2O5. The normalized spacial score (nSPS) is 11.7. The molecule has 126 valence electrons. The van der Waals surface area contributed by atoms with E-state index in [1.54, 1.807) is 12.1 Å². The van der Waals surface area contributed by atoms with Gasteiger partial charge in [0.1, 0.15) is 17.1 Å². The van der Waals surface area contributed by atoms with Gasteiger partial charge in [-0.3, -0.25) is 0 Å². The lowest BCUT2D eigenvalue weighted by atomic mass is 10.2. The zero-order valence-corrected chi connectivity index (χ0v) is 15.4. The van der Waals surface area contributed by atoms with E-state index in [0.717, 1.165) is 0 Å². The van der Waals surface area contributed by atoms with Crippen molar-refractivity contribution in [1.29, 1.82) is 0 Å². The van der Waals surface area contributed by atoms with E-state index in [1.807, 2.05) is 0 Å². The minimum absolute atomic E-state index is 0.0756. The van der Waals surface area contributed by atoms with Gasteiger partial charge in [-0.15, -0.1) is 0 Å². The fourth-order valence-corrected chi connectivity index (χ4v) is 2.57. The van der Waals surface area contributed by atoms with Crippen LogP contribution >= 0.6 is 39.1 Å². The number of rotatable bonds is 5. The van der Waals surface area contributed by atoms with Crippen molar-refractivity contribution < 1.29 is 24.2 Å². The molecule has 0 spiro atoms. The molecule has 1 N–H and O–H groups in total. The van der Waals surface area contributed by atoms with Crippen LogP contribution in [0.5, 0.6) is 11.5 Å². The Balaban J connectivity index is 2.13. The molecule has 0 saturated carbocycles. The Bertz CT molecular complexity index is 794. The van der Waals surface area contributed by atoms with E-state index in [9.17, 15) is 9.59 Å². The molecule has 0 amide bonds. The van der Waals surface area contributed by atoms with Crippen molar-refractivity contribution in [1.82, 2.24) is 0 Å². The van der Waals surface area contributed by atoms with Gasteiger partial charge in [-0.25, -0.2) is 9.59 Å². The number of halogens is 3. The molecule has 24 heavy (non-hydrogen) atoms. The van der Waals surface area contributed by atoms with Gasteiger partial charge in [-0.1, -0.05) is 39.1 Å². The molecule has 0 heterocycles. The molecule has 0 fully saturated rings. The molecule has 1 atom stereocenters. The van der Waals surface area contributed by atoms with Crippen molar-refractivity contribution in [3.8, 4) is 11.5 Å². The van der Waals surface area contributed by atoms with E-state index in [2.05, 4.69) is 15.9 Å². The molecule has 0 radical (unpaired) electrons. The lowest BCUT2D eigenvalue weighted by Gasteiger charge is -2.15. The molecule has 2 aromatic rings. The third-order valence-corrected chi connectivity index (χ3v) is 3.94. The van der Waals surface area contributed by atoms with E-state index < -0.39 is 18.0 Å². The maximum absolute atomic E-state index is 12.1. The number of benzene rings is 2. The Hall–Kier alpha value is -1.76. The summed E-state index contributed by atoms with van der Waals surface area (Å²) in [4.78, 5) is 23.4. The highest BCUT2D eigenvalue weighted by molar-refractivity contribution is 9.10. The summed E-state index contributed by atoms with van der Waals surface area (Å²) < 4.78 is 11.1. The summed E-state index contributed by atoms with van der Waals surface area (Å²) in [5.74, 6) is -1.78. The average Bonchev–Trinajstić information content (AvgIpc) is 2.51. The van der Waals surface area contributed by atoms with Crippen LogP contribution in [-0.2, 0) is 4.79 Å². The number of aromatic carboxylic acids is 1. The second kappa shape index (κ2) is 7.88. The van der Waals surface area contributed by atoms with Gasteiger partial charge in [-0.05, 0) is 43.3 Å². The number of hydrogen-bond acceptors (Lipinski definition) is 4. The van der Waals surface area contributed by atoms with Gasteiger partial charge in [0.25, 0.3) is 0 Å². The van der Waals surface area contributed by atoms with E-state index in [-0.39, 0.29) is 22.1 Å². The molecule has 0 aliphatic rings. The maximum Gasteiger partial charge on any atom is 0.352 e. The molecule has 0 saturated heterocycles. The fraction of sp³-hybridized carbons (Fsp3) is 0.125. The molecular weight excluding hydrogens is 423 g/mol. The lowest BCUT2D eigenvalue weighted by molar-refractivity contribution is -0.141. The largest absolute Gasteiger partial charge is 0.478 e. The second-order valence-corrected chi connectivity index (χ2v) is 6.46. The molecule has 2 aromatic carbocycles. The van der Waals surface area contributed by atoms with Crippen LogP contribution in [0, 0.1) is 0 Å².